The number of rotatable bonds is 2. The van der Waals surface area contributed by atoms with Gasteiger partial charge in [-0.05, 0) is 31.4 Å². The van der Waals surface area contributed by atoms with E-state index in [2.05, 4.69) is 15.0 Å². The van der Waals surface area contributed by atoms with Crippen molar-refractivity contribution in [3.05, 3.63) is 46.9 Å². The van der Waals surface area contributed by atoms with Crippen molar-refractivity contribution in [3.63, 3.8) is 0 Å². The fraction of sp³-hybridized carbons (Fsp3) is 0.294. The quantitative estimate of drug-likeness (QED) is 0.761. The van der Waals surface area contributed by atoms with E-state index in [0.717, 1.165) is 42.8 Å². The molecule has 4 rings (SSSR count). The maximum atomic E-state index is 12.2. The molecule has 0 aliphatic carbocycles. The lowest BCUT2D eigenvalue weighted by atomic mass is 10.1. The monoisotopic (exact) mass is 309 g/mol. The predicted octanol–water partition coefficient (Wildman–Crippen LogP) is 2.29. The number of hydrogen-bond acceptors (Lipinski definition) is 4. The number of hydrogen-bond donors (Lipinski definition) is 2. The summed E-state index contributed by atoms with van der Waals surface area (Å²) in [6.07, 6.45) is 5.09. The molecule has 0 saturated carbocycles. The molecule has 1 aliphatic rings. The molecule has 1 fully saturated rings. The van der Waals surface area contributed by atoms with E-state index >= 15 is 0 Å². The van der Waals surface area contributed by atoms with Crippen LogP contribution in [0.15, 0.2) is 41.3 Å². The lowest BCUT2D eigenvalue weighted by Gasteiger charge is -2.29. The molecule has 1 aromatic carbocycles. The van der Waals surface area contributed by atoms with Crippen molar-refractivity contribution in [1.29, 1.82) is 0 Å². The number of aromatic amines is 1. The highest BCUT2D eigenvalue weighted by atomic mass is 16.1. The van der Waals surface area contributed by atoms with E-state index < -0.39 is 0 Å². The third-order valence-electron chi connectivity index (χ3n) is 4.38. The van der Waals surface area contributed by atoms with Crippen molar-refractivity contribution in [2.45, 2.75) is 19.3 Å². The first-order valence-electron chi connectivity index (χ1n) is 7.96. The van der Waals surface area contributed by atoms with E-state index in [9.17, 15) is 4.79 Å². The number of nitrogens with zero attached hydrogens (tertiary/aromatic N) is 3. The van der Waals surface area contributed by atoms with E-state index in [1.165, 1.54) is 6.42 Å². The van der Waals surface area contributed by atoms with Gasteiger partial charge in [-0.3, -0.25) is 4.79 Å². The fourth-order valence-corrected chi connectivity index (χ4v) is 3.26. The Hall–Kier alpha value is -2.76. The number of para-hydroxylation sites is 1. The average Bonchev–Trinajstić information content (AvgIpc) is 3.02. The Morgan fingerprint density at radius 1 is 1.09 bits per heavy atom. The molecule has 3 aromatic rings. The van der Waals surface area contributed by atoms with Crippen LogP contribution in [-0.4, -0.2) is 27.9 Å². The van der Waals surface area contributed by atoms with Gasteiger partial charge in [0.15, 0.2) is 5.52 Å². The van der Waals surface area contributed by atoms with Crippen LogP contribution in [-0.2, 0) is 0 Å². The zero-order chi connectivity index (χ0) is 15.8. The van der Waals surface area contributed by atoms with E-state index in [4.69, 9.17) is 5.73 Å². The van der Waals surface area contributed by atoms with Crippen molar-refractivity contribution >= 4 is 22.4 Å². The van der Waals surface area contributed by atoms with Crippen LogP contribution in [0.25, 0.3) is 16.6 Å². The normalized spacial score (nSPS) is 15.2. The number of benzene rings is 1. The van der Waals surface area contributed by atoms with E-state index in [1.54, 1.807) is 6.20 Å². The lowest BCUT2D eigenvalue weighted by molar-refractivity contribution is 0.569. The molecule has 6 heteroatoms. The number of pyridine rings is 1. The summed E-state index contributed by atoms with van der Waals surface area (Å²) in [7, 11) is 0. The first-order valence-corrected chi connectivity index (χ1v) is 7.96. The number of fused-ring (bicyclic) bond motifs is 1. The van der Waals surface area contributed by atoms with Crippen LogP contribution in [0, 0.1) is 0 Å². The van der Waals surface area contributed by atoms with Crippen LogP contribution in [0.2, 0.25) is 0 Å². The largest absolute Gasteiger partial charge is 0.397 e. The van der Waals surface area contributed by atoms with Gasteiger partial charge in [0.1, 0.15) is 5.82 Å². The molecule has 0 atom stereocenters. The third kappa shape index (κ3) is 2.27. The molecule has 1 saturated heterocycles. The number of nitrogen functional groups attached to an aromatic ring is 1. The minimum atomic E-state index is -0.206. The van der Waals surface area contributed by atoms with Crippen molar-refractivity contribution in [2.75, 3.05) is 23.7 Å². The summed E-state index contributed by atoms with van der Waals surface area (Å²) >= 11 is 0. The van der Waals surface area contributed by atoms with Crippen molar-refractivity contribution in [2.24, 2.45) is 0 Å². The van der Waals surface area contributed by atoms with Gasteiger partial charge in [-0.1, -0.05) is 18.2 Å². The van der Waals surface area contributed by atoms with Crippen molar-refractivity contribution in [1.82, 2.24) is 14.8 Å². The summed E-state index contributed by atoms with van der Waals surface area (Å²) in [6.45, 7) is 1.92. The van der Waals surface area contributed by atoms with Crippen molar-refractivity contribution in [3.8, 4) is 5.69 Å². The maximum absolute atomic E-state index is 12.2. The van der Waals surface area contributed by atoms with E-state index in [0.29, 0.717) is 11.2 Å². The Bertz CT molecular complexity index is 890. The molecule has 0 bridgehead atoms. The van der Waals surface area contributed by atoms with Gasteiger partial charge in [-0.15, -0.1) is 0 Å². The summed E-state index contributed by atoms with van der Waals surface area (Å²) in [5.74, 6) is 0.925. The first kappa shape index (κ1) is 13.9. The summed E-state index contributed by atoms with van der Waals surface area (Å²) in [5.41, 5.74) is 7.86. The van der Waals surface area contributed by atoms with Gasteiger partial charge < -0.3 is 15.6 Å². The zero-order valence-corrected chi connectivity index (χ0v) is 12.8. The first-order chi connectivity index (χ1) is 11.3. The van der Waals surface area contributed by atoms with Gasteiger partial charge >= 0.3 is 0 Å². The second kappa shape index (κ2) is 5.46. The standard InChI is InChI=1S/C17H19N5O/c18-13-11-19-16(23)15-14(13)17(21-9-5-2-6-10-21)22(20-15)12-7-3-1-4-8-12/h1,3-4,7-8,11H,2,5-6,9-10,18H2,(H,19,23). The zero-order valence-electron chi connectivity index (χ0n) is 12.8. The topological polar surface area (TPSA) is 79.9 Å². The molecule has 0 amide bonds. The second-order valence-corrected chi connectivity index (χ2v) is 5.92. The van der Waals surface area contributed by atoms with Gasteiger partial charge in [-0.25, -0.2) is 4.68 Å². The Kier molecular flexibility index (Phi) is 3.29. The highest BCUT2D eigenvalue weighted by Gasteiger charge is 2.23. The summed E-state index contributed by atoms with van der Waals surface area (Å²) in [5, 5.41) is 5.32. The van der Waals surface area contributed by atoms with Gasteiger partial charge in [-0.2, -0.15) is 5.10 Å². The van der Waals surface area contributed by atoms with Crippen LogP contribution in [0.3, 0.4) is 0 Å². The number of piperidine rings is 1. The molecule has 118 valence electrons. The summed E-state index contributed by atoms with van der Waals surface area (Å²) in [4.78, 5) is 17.2. The number of anilines is 2. The van der Waals surface area contributed by atoms with Crippen LogP contribution in [0.4, 0.5) is 11.5 Å². The van der Waals surface area contributed by atoms with E-state index in [1.807, 2.05) is 35.0 Å². The number of H-pyrrole nitrogens is 1. The fourth-order valence-electron chi connectivity index (χ4n) is 3.26. The molecule has 3 heterocycles. The minimum absolute atomic E-state index is 0.206. The molecule has 3 N–H and O–H groups in total. The van der Waals surface area contributed by atoms with Crippen LogP contribution >= 0.6 is 0 Å². The number of nitrogens with two attached hydrogens (primary N) is 1. The third-order valence-corrected chi connectivity index (χ3v) is 4.38. The molecule has 6 nitrogen and oxygen atoms in total. The highest BCUT2D eigenvalue weighted by molar-refractivity contribution is 5.99. The molecule has 0 unspecified atom stereocenters. The second-order valence-electron chi connectivity index (χ2n) is 5.92. The van der Waals surface area contributed by atoms with Crippen LogP contribution in [0.1, 0.15) is 19.3 Å². The number of aromatic nitrogens is 3. The summed E-state index contributed by atoms with van der Waals surface area (Å²) in [6, 6.07) is 9.88. The van der Waals surface area contributed by atoms with Gasteiger partial charge in [0.2, 0.25) is 0 Å². The van der Waals surface area contributed by atoms with Gasteiger partial charge in [0.05, 0.1) is 16.8 Å². The Labute approximate surface area is 133 Å². The van der Waals surface area contributed by atoms with Gasteiger partial charge in [0, 0.05) is 19.3 Å². The molecular weight excluding hydrogens is 290 g/mol. The number of nitrogens with one attached hydrogen (secondary N) is 1. The molecular formula is C17H19N5O. The van der Waals surface area contributed by atoms with Crippen LogP contribution < -0.4 is 16.2 Å². The predicted molar refractivity (Wildman–Crippen MR) is 92.2 cm³/mol. The van der Waals surface area contributed by atoms with Crippen molar-refractivity contribution < 1.29 is 0 Å². The molecule has 2 aromatic heterocycles. The Morgan fingerprint density at radius 2 is 1.83 bits per heavy atom. The van der Waals surface area contributed by atoms with Crippen LogP contribution in [0.5, 0.6) is 0 Å². The Balaban J connectivity index is 2.03. The molecule has 0 spiro atoms. The maximum Gasteiger partial charge on any atom is 0.276 e. The SMILES string of the molecule is Nc1c[nH]c(=O)c2nn(-c3ccccc3)c(N3CCCCC3)c12. The van der Waals surface area contributed by atoms with Gasteiger partial charge in [0.25, 0.3) is 5.56 Å². The summed E-state index contributed by atoms with van der Waals surface area (Å²) < 4.78 is 1.85. The average molecular weight is 309 g/mol. The minimum Gasteiger partial charge on any atom is -0.397 e. The molecule has 1 aliphatic heterocycles. The lowest BCUT2D eigenvalue weighted by Crippen LogP contribution is -2.31. The molecule has 0 radical (unpaired) electrons. The highest BCUT2D eigenvalue weighted by Crippen LogP contribution is 2.33. The smallest absolute Gasteiger partial charge is 0.276 e. The molecule has 23 heavy (non-hydrogen) atoms. The van der Waals surface area contributed by atoms with E-state index in [-0.39, 0.29) is 5.56 Å². The Morgan fingerprint density at radius 3 is 2.57 bits per heavy atom.